The molecule has 0 aliphatic carbocycles. The molecular weight excluding hydrogens is 401 g/mol. The molecule has 0 spiro atoms. The predicted octanol–water partition coefficient (Wildman–Crippen LogP) is 5.05. The Hall–Kier alpha value is -2.57. The number of nitrogens with zero attached hydrogens (tertiary/aromatic N) is 1. The van der Waals surface area contributed by atoms with E-state index in [0.717, 1.165) is 10.6 Å². The van der Waals surface area contributed by atoms with E-state index in [1.807, 2.05) is 18.2 Å². The first-order chi connectivity index (χ1) is 13.4. The molecule has 0 aliphatic heterocycles. The fourth-order valence-electron chi connectivity index (χ4n) is 2.85. The number of hydrogen-bond acceptors (Lipinski definition) is 4. The number of carboxylic acid groups (broad SMARTS) is 1. The van der Waals surface area contributed by atoms with Crippen molar-refractivity contribution >= 4 is 34.7 Å². The highest BCUT2D eigenvalue weighted by Crippen LogP contribution is 2.30. The van der Waals surface area contributed by atoms with Gasteiger partial charge in [-0.15, -0.1) is 11.3 Å². The number of ketones is 1. The van der Waals surface area contributed by atoms with Crippen LogP contribution in [0.25, 0.3) is 10.6 Å². The van der Waals surface area contributed by atoms with E-state index in [9.17, 15) is 19.1 Å². The van der Waals surface area contributed by atoms with E-state index in [4.69, 9.17) is 11.6 Å². The summed E-state index contributed by atoms with van der Waals surface area (Å²) in [7, 11) is 0. The zero-order valence-corrected chi connectivity index (χ0v) is 16.3. The van der Waals surface area contributed by atoms with Crippen LogP contribution in [0, 0.1) is 11.7 Å². The molecule has 4 nitrogen and oxygen atoms in total. The molecule has 3 rings (SSSR count). The highest BCUT2D eigenvalue weighted by molar-refractivity contribution is 7.13. The molecule has 0 fully saturated rings. The predicted molar refractivity (Wildman–Crippen MR) is 107 cm³/mol. The Morgan fingerprint density at radius 2 is 1.86 bits per heavy atom. The van der Waals surface area contributed by atoms with E-state index < -0.39 is 11.9 Å². The molecule has 3 aromatic rings. The van der Waals surface area contributed by atoms with Gasteiger partial charge in [0.05, 0.1) is 16.6 Å². The summed E-state index contributed by atoms with van der Waals surface area (Å²) in [5, 5.41) is 12.5. The average Bonchev–Trinajstić information content (AvgIpc) is 3.11. The Bertz CT molecular complexity index is 987. The van der Waals surface area contributed by atoms with Crippen molar-refractivity contribution in [3.63, 3.8) is 0 Å². The van der Waals surface area contributed by atoms with Crippen LogP contribution in [0.4, 0.5) is 4.39 Å². The minimum absolute atomic E-state index is 0.0636. The van der Waals surface area contributed by atoms with Crippen molar-refractivity contribution in [2.75, 3.05) is 0 Å². The van der Waals surface area contributed by atoms with Gasteiger partial charge in [0.15, 0.2) is 0 Å². The van der Waals surface area contributed by atoms with Gasteiger partial charge < -0.3 is 5.11 Å². The third kappa shape index (κ3) is 5.24. The van der Waals surface area contributed by atoms with Gasteiger partial charge in [0, 0.05) is 23.8 Å². The van der Waals surface area contributed by atoms with Gasteiger partial charge in [-0.2, -0.15) is 0 Å². The van der Waals surface area contributed by atoms with E-state index in [0.29, 0.717) is 16.3 Å². The third-order valence-electron chi connectivity index (χ3n) is 4.25. The van der Waals surface area contributed by atoms with Gasteiger partial charge in [0.25, 0.3) is 0 Å². The number of Topliss-reactive ketones (excluding diaryl/α,β-unsaturated/α-hetero) is 1. The van der Waals surface area contributed by atoms with Crippen LogP contribution in [0.5, 0.6) is 0 Å². The largest absolute Gasteiger partial charge is 0.481 e. The maximum absolute atomic E-state index is 13.0. The number of halogens is 2. The number of benzene rings is 2. The van der Waals surface area contributed by atoms with Gasteiger partial charge in [-0.3, -0.25) is 9.59 Å². The number of carbonyl (C=O) groups excluding carboxylic acids is 1. The summed E-state index contributed by atoms with van der Waals surface area (Å²) in [6.07, 6.45) is 0.128. The van der Waals surface area contributed by atoms with Gasteiger partial charge in [-0.05, 0) is 30.2 Å². The standard InChI is InChI=1S/C21H17ClFNO3S/c22-19-4-2-1-3-18(19)20-24-16(12-28-20)11-17(25)10-14(21(26)27)9-13-5-7-15(23)8-6-13/h1-8,12,14H,9-11H2,(H,26,27). The first-order valence-corrected chi connectivity index (χ1v) is 9.86. The highest BCUT2D eigenvalue weighted by Gasteiger charge is 2.22. The number of thiazole rings is 1. The van der Waals surface area contributed by atoms with Crippen molar-refractivity contribution in [1.82, 2.24) is 4.98 Å². The van der Waals surface area contributed by atoms with E-state index in [1.165, 1.54) is 35.6 Å². The Labute approximate surface area is 170 Å². The van der Waals surface area contributed by atoms with Crippen molar-refractivity contribution in [3.8, 4) is 10.6 Å². The zero-order chi connectivity index (χ0) is 20.1. The molecule has 1 unspecified atom stereocenters. The maximum atomic E-state index is 13.0. The van der Waals surface area contributed by atoms with Crippen LogP contribution in [-0.4, -0.2) is 21.8 Å². The average molecular weight is 418 g/mol. The van der Waals surface area contributed by atoms with Gasteiger partial charge >= 0.3 is 5.97 Å². The number of rotatable bonds is 8. The maximum Gasteiger partial charge on any atom is 0.307 e. The fraction of sp³-hybridized carbons (Fsp3) is 0.190. The van der Waals surface area contributed by atoms with Crippen LogP contribution in [0.3, 0.4) is 0 Å². The third-order valence-corrected chi connectivity index (χ3v) is 5.51. The Morgan fingerprint density at radius 3 is 2.54 bits per heavy atom. The molecule has 7 heteroatoms. The first kappa shape index (κ1) is 20.2. The molecule has 1 N–H and O–H groups in total. The second-order valence-corrected chi connectivity index (χ2v) is 7.67. The minimum Gasteiger partial charge on any atom is -0.481 e. The van der Waals surface area contributed by atoms with Gasteiger partial charge in [0.1, 0.15) is 16.6 Å². The minimum atomic E-state index is -1.05. The molecule has 1 heterocycles. The lowest BCUT2D eigenvalue weighted by molar-refractivity contribution is -0.143. The Balaban J connectivity index is 1.64. The summed E-state index contributed by atoms with van der Waals surface area (Å²) in [4.78, 5) is 28.4. The molecule has 0 aliphatic rings. The lowest BCUT2D eigenvalue weighted by Gasteiger charge is -2.11. The van der Waals surface area contributed by atoms with Crippen LogP contribution in [0.2, 0.25) is 5.02 Å². The number of carbonyl (C=O) groups is 2. The zero-order valence-electron chi connectivity index (χ0n) is 14.8. The molecule has 0 bridgehead atoms. The van der Waals surface area contributed by atoms with E-state index in [1.54, 1.807) is 11.4 Å². The van der Waals surface area contributed by atoms with Crippen LogP contribution in [-0.2, 0) is 22.4 Å². The second-order valence-electron chi connectivity index (χ2n) is 6.41. The lowest BCUT2D eigenvalue weighted by Crippen LogP contribution is -2.21. The summed E-state index contributed by atoms with van der Waals surface area (Å²) in [6.45, 7) is 0. The SMILES string of the molecule is O=C(Cc1csc(-c2ccccc2Cl)n1)CC(Cc1ccc(F)cc1)C(=O)O. The number of carboxylic acids is 1. The van der Waals surface area contributed by atoms with Crippen molar-refractivity contribution < 1.29 is 19.1 Å². The number of aliphatic carboxylic acids is 1. The first-order valence-electron chi connectivity index (χ1n) is 8.60. The normalized spacial score (nSPS) is 11.9. The topological polar surface area (TPSA) is 67.3 Å². The molecule has 0 amide bonds. The van der Waals surface area contributed by atoms with Crippen molar-refractivity contribution in [2.45, 2.75) is 19.3 Å². The molecule has 0 radical (unpaired) electrons. The monoisotopic (exact) mass is 417 g/mol. The van der Waals surface area contributed by atoms with Crippen molar-refractivity contribution in [1.29, 1.82) is 0 Å². The van der Waals surface area contributed by atoms with Crippen molar-refractivity contribution in [2.24, 2.45) is 5.92 Å². The smallest absolute Gasteiger partial charge is 0.307 e. The van der Waals surface area contributed by atoms with Crippen LogP contribution in [0.1, 0.15) is 17.7 Å². The van der Waals surface area contributed by atoms with Gasteiger partial charge in [-0.25, -0.2) is 9.37 Å². The Morgan fingerprint density at radius 1 is 1.14 bits per heavy atom. The molecule has 0 saturated heterocycles. The number of hydrogen-bond donors (Lipinski definition) is 1. The van der Waals surface area contributed by atoms with Crippen LogP contribution < -0.4 is 0 Å². The van der Waals surface area contributed by atoms with E-state index in [-0.39, 0.29) is 30.9 Å². The van der Waals surface area contributed by atoms with Gasteiger partial charge in [0.2, 0.25) is 0 Å². The summed E-state index contributed by atoms with van der Waals surface area (Å²) in [6, 6.07) is 12.9. The summed E-state index contributed by atoms with van der Waals surface area (Å²) >= 11 is 7.56. The lowest BCUT2D eigenvalue weighted by atomic mass is 9.93. The quantitative estimate of drug-likeness (QED) is 0.557. The number of aromatic nitrogens is 1. The van der Waals surface area contributed by atoms with Crippen molar-refractivity contribution in [3.05, 3.63) is 76.0 Å². The van der Waals surface area contributed by atoms with E-state index in [2.05, 4.69) is 4.98 Å². The van der Waals surface area contributed by atoms with E-state index >= 15 is 0 Å². The van der Waals surface area contributed by atoms with Gasteiger partial charge in [-0.1, -0.05) is 41.9 Å². The molecule has 1 aromatic heterocycles. The molecule has 1 atom stereocenters. The summed E-state index contributed by atoms with van der Waals surface area (Å²) in [5.41, 5.74) is 2.07. The van der Waals surface area contributed by atoms with Crippen LogP contribution >= 0.6 is 22.9 Å². The molecule has 144 valence electrons. The molecule has 0 saturated carbocycles. The summed E-state index contributed by atoms with van der Waals surface area (Å²) < 4.78 is 13.0. The van der Waals surface area contributed by atoms with Crippen LogP contribution in [0.15, 0.2) is 53.9 Å². The second kappa shape index (κ2) is 9.08. The Kier molecular flexibility index (Phi) is 6.54. The highest BCUT2D eigenvalue weighted by atomic mass is 35.5. The summed E-state index contributed by atoms with van der Waals surface area (Å²) in [5.74, 6) is -2.50. The fourth-order valence-corrected chi connectivity index (χ4v) is 3.99. The molecule has 28 heavy (non-hydrogen) atoms. The molecule has 2 aromatic carbocycles. The molecular formula is C21H17ClFNO3S.